The van der Waals surface area contributed by atoms with Crippen LogP contribution in [0.1, 0.15) is 49.4 Å². The third-order valence-electron chi connectivity index (χ3n) is 4.22. The van der Waals surface area contributed by atoms with Gasteiger partial charge < -0.3 is 5.32 Å². The van der Waals surface area contributed by atoms with Crippen molar-refractivity contribution in [3.05, 3.63) is 23.9 Å². The molecule has 0 aliphatic heterocycles. The van der Waals surface area contributed by atoms with Gasteiger partial charge in [-0.3, -0.25) is 9.59 Å². The molecule has 126 valence electrons. The number of anilines is 1. The fourth-order valence-electron chi connectivity index (χ4n) is 2.83. The van der Waals surface area contributed by atoms with Crippen molar-refractivity contribution in [2.75, 3.05) is 5.32 Å². The maximum Gasteiger partial charge on any atom is 0.391 e. The van der Waals surface area contributed by atoms with Crippen LogP contribution < -0.4 is 5.32 Å². The minimum Gasteiger partial charge on any atom is -0.311 e. The molecule has 0 unspecified atom stereocenters. The van der Waals surface area contributed by atoms with Gasteiger partial charge in [0.15, 0.2) is 5.78 Å². The zero-order valence-electron chi connectivity index (χ0n) is 12.8. The lowest BCUT2D eigenvalue weighted by Crippen LogP contribution is -2.29. The van der Waals surface area contributed by atoms with Crippen molar-refractivity contribution in [2.24, 2.45) is 11.8 Å². The summed E-state index contributed by atoms with van der Waals surface area (Å²) in [6, 6.07) is 3.11. The molecule has 0 atom stereocenters. The van der Waals surface area contributed by atoms with Crippen LogP contribution in [-0.4, -0.2) is 22.9 Å². The Labute approximate surface area is 132 Å². The molecule has 0 spiro atoms. The van der Waals surface area contributed by atoms with Gasteiger partial charge in [-0.15, -0.1) is 0 Å². The Kier molecular flexibility index (Phi) is 5.38. The molecule has 0 saturated heterocycles. The highest BCUT2D eigenvalue weighted by molar-refractivity contribution is 5.94. The molecule has 0 bridgehead atoms. The zero-order valence-corrected chi connectivity index (χ0v) is 12.8. The predicted molar refractivity (Wildman–Crippen MR) is 79.0 cm³/mol. The number of pyridine rings is 1. The summed E-state index contributed by atoms with van der Waals surface area (Å²) in [5.41, 5.74) is 0.452. The van der Waals surface area contributed by atoms with Crippen molar-refractivity contribution in [3.8, 4) is 0 Å². The number of alkyl halides is 3. The zero-order chi connectivity index (χ0) is 17.0. The molecular weight excluding hydrogens is 309 g/mol. The van der Waals surface area contributed by atoms with Gasteiger partial charge in [-0.25, -0.2) is 4.98 Å². The average Bonchev–Trinajstić information content (AvgIpc) is 2.47. The van der Waals surface area contributed by atoms with E-state index in [0.717, 1.165) is 0 Å². The van der Waals surface area contributed by atoms with Crippen molar-refractivity contribution in [1.29, 1.82) is 0 Å². The molecule has 1 N–H and O–H groups in total. The number of carbonyl (C=O) groups is 2. The summed E-state index contributed by atoms with van der Waals surface area (Å²) >= 11 is 0. The largest absolute Gasteiger partial charge is 0.391 e. The van der Waals surface area contributed by atoms with E-state index in [-0.39, 0.29) is 36.9 Å². The molecule has 1 aliphatic carbocycles. The van der Waals surface area contributed by atoms with E-state index in [2.05, 4.69) is 10.3 Å². The molecule has 23 heavy (non-hydrogen) atoms. The SMILES string of the molecule is CC(=O)c1ccc(NC(=O)CC2CCC(C(F)(F)F)CC2)nc1. The van der Waals surface area contributed by atoms with E-state index < -0.39 is 12.1 Å². The van der Waals surface area contributed by atoms with Crippen molar-refractivity contribution in [2.45, 2.75) is 45.2 Å². The van der Waals surface area contributed by atoms with Gasteiger partial charge in [0, 0.05) is 18.2 Å². The lowest BCUT2D eigenvalue weighted by Gasteiger charge is -2.29. The van der Waals surface area contributed by atoms with E-state index in [9.17, 15) is 22.8 Å². The second-order valence-corrected chi connectivity index (χ2v) is 6.00. The molecule has 1 aromatic rings. The number of nitrogens with zero attached hydrogens (tertiary/aromatic N) is 1. The number of hydrogen-bond acceptors (Lipinski definition) is 3. The van der Waals surface area contributed by atoms with Gasteiger partial charge in [0.05, 0.1) is 5.92 Å². The number of rotatable bonds is 4. The molecule has 7 heteroatoms. The van der Waals surface area contributed by atoms with Crippen molar-refractivity contribution < 1.29 is 22.8 Å². The van der Waals surface area contributed by atoms with Crippen LogP contribution >= 0.6 is 0 Å². The van der Waals surface area contributed by atoms with Crippen molar-refractivity contribution in [1.82, 2.24) is 4.98 Å². The Bertz CT molecular complexity index is 562. The van der Waals surface area contributed by atoms with E-state index >= 15 is 0 Å². The van der Waals surface area contributed by atoms with Crippen molar-refractivity contribution in [3.63, 3.8) is 0 Å². The smallest absolute Gasteiger partial charge is 0.311 e. The predicted octanol–water partition coefficient (Wildman–Crippen LogP) is 3.98. The molecule has 1 amide bonds. The van der Waals surface area contributed by atoms with E-state index in [1.165, 1.54) is 19.2 Å². The first-order chi connectivity index (χ1) is 10.8. The fraction of sp³-hybridized carbons (Fsp3) is 0.562. The molecule has 1 aliphatic rings. The van der Waals surface area contributed by atoms with E-state index in [1.807, 2.05) is 0 Å². The summed E-state index contributed by atoms with van der Waals surface area (Å²) in [6.45, 7) is 1.42. The van der Waals surface area contributed by atoms with Gasteiger partial charge >= 0.3 is 6.18 Å². The van der Waals surface area contributed by atoms with Crippen LogP contribution in [0.4, 0.5) is 19.0 Å². The molecule has 2 rings (SSSR count). The molecule has 1 fully saturated rings. The third-order valence-corrected chi connectivity index (χ3v) is 4.22. The molecule has 0 aromatic carbocycles. The second kappa shape index (κ2) is 7.10. The Morgan fingerprint density at radius 2 is 1.87 bits per heavy atom. The van der Waals surface area contributed by atoms with Crippen molar-refractivity contribution >= 4 is 17.5 Å². The fourth-order valence-corrected chi connectivity index (χ4v) is 2.83. The Hall–Kier alpha value is -1.92. The maximum absolute atomic E-state index is 12.6. The summed E-state index contributed by atoms with van der Waals surface area (Å²) in [5.74, 6) is -1.29. The summed E-state index contributed by atoms with van der Waals surface area (Å²) in [6.07, 6.45) is -1.55. The first kappa shape index (κ1) is 17.4. The van der Waals surface area contributed by atoms with E-state index in [0.29, 0.717) is 24.2 Å². The first-order valence-electron chi connectivity index (χ1n) is 7.59. The van der Waals surface area contributed by atoms with Crippen LogP contribution in [0.15, 0.2) is 18.3 Å². The maximum atomic E-state index is 12.6. The molecule has 1 heterocycles. The van der Waals surface area contributed by atoms with E-state index in [4.69, 9.17) is 0 Å². The highest BCUT2D eigenvalue weighted by Crippen LogP contribution is 2.40. The van der Waals surface area contributed by atoms with Crippen LogP contribution in [0, 0.1) is 11.8 Å². The van der Waals surface area contributed by atoms with Crippen LogP contribution in [0.3, 0.4) is 0 Å². The highest BCUT2D eigenvalue weighted by atomic mass is 19.4. The van der Waals surface area contributed by atoms with Crippen LogP contribution in [0.25, 0.3) is 0 Å². The number of nitrogens with one attached hydrogen (secondary N) is 1. The normalized spacial score (nSPS) is 21.7. The average molecular weight is 328 g/mol. The second-order valence-electron chi connectivity index (χ2n) is 6.00. The number of hydrogen-bond donors (Lipinski definition) is 1. The van der Waals surface area contributed by atoms with Gasteiger partial charge in [-0.2, -0.15) is 13.2 Å². The third kappa shape index (κ3) is 5.04. The van der Waals surface area contributed by atoms with Gasteiger partial charge in [0.2, 0.25) is 5.91 Å². The van der Waals surface area contributed by atoms with Gasteiger partial charge in [0.1, 0.15) is 5.82 Å². The molecule has 4 nitrogen and oxygen atoms in total. The number of aromatic nitrogens is 1. The summed E-state index contributed by atoms with van der Waals surface area (Å²) in [4.78, 5) is 27.0. The Balaban J connectivity index is 1.80. The molecular formula is C16H19F3N2O2. The topological polar surface area (TPSA) is 59.1 Å². The number of Topliss-reactive ketones (excluding diaryl/α,β-unsaturated/α-hetero) is 1. The van der Waals surface area contributed by atoms with E-state index in [1.54, 1.807) is 6.07 Å². The summed E-state index contributed by atoms with van der Waals surface area (Å²) < 4.78 is 37.8. The first-order valence-corrected chi connectivity index (χ1v) is 7.59. The molecule has 1 saturated carbocycles. The Morgan fingerprint density at radius 3 is 2.35 bits per heavy atom. The molecule has 0 radical (unpaired) electrons. The number of halogens is 3. The quantitative estimate of drug-likeness (QED) is 0.851. The number of ketones is 1. The lowest BCUT2D eigenvalue weighted by atomic mass is 9.80. The van der Waals surface area contributed by atoms with Gasteiger partial charge in [-0.1, -0.05) is 0 Å². The van der Waals surface area contributed by atoms with Crippen LogP contribution in [-0.2, 0) is 4.79 Å². The number of carbonyl (C=O) groups excluding carboxylic acids is 2. The highest BCUT2D eigenvalue weighted by Gasteiger charge is 2.41. The molecule has 1 aromatic heterocycles. The minimum absolute atomic E-state index is 0.0231. The standard InChI is InChI=1S/C16H19F3N2O2/c1-10(22)12-4-7-14(20-9-12)21-15(23)8-11-2-5-13(6-3-11)16(17,18)19/h4,7,9,11,13H,2-3,5-6,8H2,1H3,(H,20,21,23). The van der Waals surface area contributed by atoms with Gasteiger partial charge in [0.25, 0.3) is 0 Å². The summed E-state index contributed by atoms with van der Waals surface area (Å²) in [7, 11) is 0. The number of amides is 1. The monoisotopic (exact) mass is 328 g/mol. The van der Waals surface area contributed by atoms with Crippen LogP contribution in [0.5, 0.6) is 0 Å². The minimum atomic E-state index is -4.13. The summed E-state index contributed by atoms with van der Waals surface area (Å²) in [5, 5.41) is 2.61. The Morgan fingerprint density at radius 1 is 1.22 bits per heavy atom. The van der Waals surface area contributed by atoms with Crippen LogP contribution in [0.2, 0.25) is 0 Å². The lowest BCUT2D eigenvalue weighted by molar-refractivity contribution is -0.183. The van der Waals surface area contributed by atoms with Gasteiger partial charge in [-0.05, 0) is 50.7 Å².